The minimum Gasteiger partial charge on any atom is -0.482 e. The van der Waals surface area contributed by atoms with E-state index in [0.29, 0.717) is 30.6 Å². The molecular formula is C19H24BrN3O4. The monoisotopic (exact) mass is 437 g/mol. The van der Waals surface area contributed by atoms with Crippen LogP contribution >= 0.6 is 15.9 Å². The van der Waals surface area contributed by atoms with Gasteiger partial charge in [-0.15, -0.1) is 0 Å². The zero-order valence-corrected chi connectivity index (χ0v) is 16.8. The summed E-state index contributed by atoms with van der Waals surface area (Å²) < 4.78 is 12.1. The standard InChI is InChI=1S/C19H24BrN3O4/c20-14-3-4-16-17(10-14)27-13-19(25)23(16)12-18(24)22-7-5-21(6-8-22)11-15-2-1-9-26-15/h3-4,10,15H,1-2,5-9,11-13H2. The molecule has 0 spiro atoms. The maximum Gasteiger partial charge on any atom is 0.265 e. The smallest absolute Gasteiger partial charge is 0.265 e. The fourth-order valence-electron chi connectivity index (χ4n) is 3.84. The van der Waals surface area contributed by atoms with Crippen molar-refractivity contribution in [1.29, 1.82) is 0 Å². The number of piperazine rings is 1. The molecule has 0 aliphatic carbocycles. The fourth-order valence-corrected chi connectivity index (χ4v) is 4.18. The van der Waals surface area contributed by atoms with Gasteiger partial charge in [-0.25, -0.2) is 0 Å². The second kappa shape index (κ2) is 8.16. The van der Waals surface area contributed by atoms with Crippen LogP contribution in [0.1, 0.15) is 12.8 Å². The number of rotatable bonds is 4. The van der Waals surface area contributed by atoms with Crippen LogP contribution in [0.5, 0.6) is 5.75 Å². The van der Waals surface area contributed by atoms with Gasteiger partial charge in [-0.3, -0.25) is 19.4 Å². The van der Waals surface area contributed by atoms with Crippen molar-refractivity contribution < 1.29 is 19.1 Å². The Kier molecular flexibility index (Phi) is 5.66. The van der Waals surface area contributed by atoms with Gasteiger partial charge in [-0.1, -0.05) is 15.9 Å². The number of nitrogens with zero attached hydrogens (tertiary/aromatic N) is 3. The predicted molar refractivity (Wildman–Crippen MR) is 104 cm³/mol. The molecule has 8 heteroatoms. The van der Waals surface area contributed by atoms with Gasteiger partial charge >= 0.3 is 0 Å². The van der Waals surface area contributed by atoms with E-state index in [2.05, 4.69) is 20.8 Å². The highest BCUT2D eigenvalue weighted by Crippen LogP contribution is 2.34. The zero-order valence-electron chi connectivity index (χ0n) is 15.2. The highest BCUT2D eigenvalue weighted by Gasteiger charge is 2.30. The zero-order chi connectivity index (χ0) is 18.8. The van der Waals surface area contributed by atoms with E-state index in [1.54, 1.807) is 0 Å². The molecule has 27 heavy (non-hydrogen) atoms. The summed E-state index contributed by atoms with van der Waals surface area (Å²) in [5.41, 5.74) is 0.653. The van der Waals surface area contributed by atoms with Gasteiger partial charge in [0.15, 0.2) is 6.61 Å². The number of hydrogen-bond acceptors (Lipinski definition) is 5. The third-order valence-electron chi connectivity index (χ3n) is 5.37. The molecule has 0 radical (unpaired) electrons. The molecule has 0 aromatic heterocycles. The Morgan fingerprint density at radius 1 is 1.22 bits per heavy atom. The topological polar surface area (TPSA) is 62.3 Å². The van der Waals surface area contributed by atoms with Crippen LogP contribution < -0.4 is 9.64 Å². The van der Waals surface area contributed by atoms with Crippen LogP contribution in [-0.2, 0) is 14.3 Å². The van der Waals surface area contributed by atoms with E-state index in [1.807, 2.05) is 23.1 Å². The second-order valence-corrected chi connectivity index (χ2v) is 8.11. The van der Waals surface area contributed by atoms with E-state index in [4.69, 9.17) is 9.47 Å². The van der Waals surface area contributed by atoms with Crippen molar-refractivity contribution in [2.45, 2.75) is 18.9 Å². The van der Waals surface area contributed by atoms with Crippen molar-refractivity contribution in [2.75, 3.05) is 57.4 Å². The number of hydrogen-bond donors (Lipinski definition) is 0. The highest BCUT2D eigenvalue weighted by molar-refractivity contribution is 9.10. The van der Waals surface area contributed by atoms with Crippen LogP contribution in [0, 0.1) is 0 Å². The van der Waals surface area contributed by atoms with E-state index >= 15 is 0 Å². The van der Waals surface area contributed by atoms with E-state index in [-0.39, 0.29) is 25.0 Å². The average Bonchev–Trinajstić information content (AvgIpc) is 3.17. The van der Waals surface area contributed by atoms with Gasteiger partial charge < -0.3 is 14.4 Å². The van der Waals surface area contributed by atoms with Crippen molar-refractivity contribution in [3.8, 4) is 5.75 Å². The third kappa shape index (κ3) is 4.28. The molecule has 1 atom stereocenters. The number of halogens is 1. The first kappa shape index (κ1) is 18.7. The Balaban J connectivity index is 1.34. The summed E-state index contributed by atoms with van der Waals surface area (Å²) in [5.74, 6) is 0.421. The number of benzene rings is 1. The molecule has 4 rings (SSSR count). The Bertz CT molecular complexity index is 715. The number of fused-ring (bicyclic) bond motifs is 1. The van der Waals surface area contributed by atoms with Gasteiger partial charge in [0.05, 0.1) is 11.8 Å². The van der Waals surface area contributed by atoms with Gasteiger partial charge in [0.1, 0.15) is 12.3 Å². The van der Waals surface area contributed by atoms with Crippen LogP contribution in [0.2, 0.25) is 0 Å². The Morgan fingerprint density at radius 3 is 2.78 bits per heavy atom. The lowest BCUT2D eigenvalue weighted by Crippen LogP contribution is -2.53. The normalized spacial score (nSPS) is 23.3. The highest BCUT2D eigenvalue weighted by atomic mass is 79.9. The Hall–Kier alpha value is -1.64. The molecule has 2 fully saturated rings. The molecule has 2 amide bonds. The number of anilines is 1. The van der Waals surface area contributed by atoms with E-state index < -0.39 is 0 Å². The first-order valence-corrected chi connectivity index (χ1v) is 10.2. The molecule has 1 unspecified atom stereocenters. The molecule has 1 aromatic carbocycles. The van der Waals surface area contributed by atoms with Crippen molar-refractivity contribution in [3.63, 3.8) is 0 Å². The lowest BCUT2D eigenvalue weighted by Gasteiger charge is -2.37. The Labute approximate surface area is 167 Å². The molecule has 0 saturated carbocycles. The van der Waals surface area contributed by atoms with Gasteiger partial charge in [0.2, 0.25) is 5.91 Å². The van der Waals surface area contributed by atoms with E-state index in [9.17, 15) is 9.59 Å². The van der Waals surface area contributed by atoms with Crippen LogP contribution in [0.25, 0.3) is 0 Å². The molecule has 0 bridgehead atoms. The summed E-state index contributed by atoms with van der Waals surface area (Å²) in [6.07, 6.45) is 2.62. The molecule has 7 nitrogen and oxygen atoms in total. The maximum atomic E-state index is 12.8. The van der Waals surface area contributed by atoms with Gasteiger partial charge in [-0.05, 0) is 31.0 Å². The quantitative estimate of drug-likeness (QED) is 0.713. The summed E-state index contributed by atoms with van der Waals surface area (Å²) in [7, 11) is 0. The summed E-state index contributed by atoms with van der Waals surface area (Å²) in [5, 5.41) is 0. The molecule has 2 saturated heterocycles. The van der Waals surface area contributed by atoms with E-state index in [0.717, 1.165) is 43.6 Å². The number of amides is 2. The van der Waals surface area contributed by atoms with E-state index in [1.165, 1.54) is 4.90 Å². The fraction of sp³-hybridized carbons (Fsp3) is 0.579. The lowest BCUT2D eigenvalue weighted by atomic mass is 10.2. The number of carbonyl (C=O) groups is 2. The predicted octanol–water partition coefficient (Wildman–Crippen LogP) is 1.50. The van der Waals surface area contributed by atoms with Gasteiger partial charge in [0, 0.05) is 43.8 Å². The van der Waals surface area contributed by atoms with Crippen LogP contribution in [0.3, 0.4) is 0 Å². The second-order valence-electron chi connectivity index (χ2n) is 7.20. The van der Waals surface area contributed by atoms with Crippen molar-refractivity contribution >= 4 is 33.4 Å². The minimum atomic E-state index is -0.185. The number of ether oxygens (including phenoxy) is 2. The van der Waals surface area contributed by atoms with Crippen LogP contribution in [0.15, 0.2) is 22.7 Å². The van der Waals surface area contributed by atoms with Crippen LogP contribution in [-0.4, -0.2) is 80.2 Å². The first-order chi connectivity index (χ1) is 13.1. The molecule has 3 aliphatic rings. The van der Waals surface area contributed by atoms with Crippen molar-refractivity contribution in [3.05, 3.63) is 22.7 Å². The molecule has 3 heterocycles. The summed E-state index contributed by atoms with van der Waals surface area (Å²) in [6, 6.07) is 5.48. The summed E-state index contributed by atoms with van der Waals surface area (Å²) in [4.78, 5) is 30.8. The Morgan fingerprint density at radius 2 is 2.04 bits per heavy atom. The first-order valence-electron chi connectivity index (χ1n) is 9.44. The molecular weight excluding hydrogens is 414 g/mol. The summed E-state index contributed by atoms with van der Waals surface area (Å²) >= 11 is 3.40. The molecule has 146 valence electrons. The third-order valence-corrected chi connectivity index (χ3v) is 5.86. The molecule has 3 aliphatic heterocycles. The van der Waals surface area contributed by atoms with Crippen molar-refractivity contribution in [2.24, 2.45) is 0 Å². The largest absolute Gasteiger partial charge is 0.482 e. The maximum absolute atomic E-state index is 12.8. The van der Waals surface area contributed by atoms with Gasteiger partial charge in [0.25, 0.3) is 5.91 Å². The van der Waals surface area contributed by atoms with Crippen LogP contribution in [0.4, 0.5) is 5.69 Å². The number of carbonyl (C=O) groups excluding carboxylic acids is 2. The lowest BCUT2D eigenvalue weighted by molar-refractivity contribution is -0.133. The average molecular weight is 438 g/mol. The SMILES string of the molecule is O=C(CN1C(=O)COc2cc(Br)ccc21)N1CCN(CC2CCCO2)CC1. The molecule has 1 aromatic rings. The summed E-state index contributed by atoms with van der Waals surface area (Å²) in [6.45, 7) is 4.93. The van der Waals surface area contributed by atoms with Gasteiger partial charge in [-0.2, -0.15) is 0 Å². The molecule has 0 N–H and O–H groups in total. The minimum absolute atomic E-state index is 0.0177. The van der Waals surface area contributed by atoms with Crippen molar-refractivity contribution in [1.82, 2.24) is 9.80 Å².